The van der Waals surface area contributed by atoms with Crippen molar-refractivity contribution in [3.8, 4) is 11.5 Å². The molecule has 29 heavy (non-hydrogen) atoms. The van der Waals surface area contributed by atoms with Crippen LogP contribution in [0.25, 0.3) is 0 Å². The lowest BCUT2D eigenvalue weighted by Crippen LogP contribution is -2.39. The second-order valence-electron chi connectivity index (χ2n) is 7.64. The van der Waals surface area contributed by atoms with Crippen LogP contribution in [0.2, 0.25) is 0 Å². The second kappa shape index (κ2) is 9.65. The van der Waals surface area contributed by atoms with Gasteiger partial charge in [-0.1, -0.05) is 30.3 Å². The van der Waals surface area contributed by atoms with Crippen molar-refractivity contribution < 1.29 is 14.3 Å². The van der Waals surface area contributed by atoms with Crippen molar-refractivity contribution in [1.82, 2.24) is 15.1 Å². The molecule has 0 saturated carbocycles. The fourth-order valence-electron chi connectivity index (χ4n) is 3.21. The van der Waals surface area contributed by atoms with Crippen molar-refractivity contribution in [2.45, 2.75) is 46.4 Å². The maximum Gasteiger partial charge on any atom is 0.317 e. The number of urea groups is 1. The molecule has 6 heteroatoms. The smallest absolute Gasteiger partial charge is 0.317 e. The lowest BCUT2D eigenvalue weighted by atomic mass is 10.1. The van der Waals surface area contributed by atoms with Crippen molar-refractivity contribution in [1.29, 1.82) is 0 Å². The zero-order valence-electron chi connectivity index (χ0n) is 17.8. The molecule has 1 N–H and O–H groups in total. The van der Waals surface area contributed by atoms with Gasteiger partial charge < -0.3 is 19.7 Å². The highest BCUT2D eigenvalue weighted by atomic mass is 16.7. The molecule has 0 fully saturated rings. The third-order valence-electron chi connectivity index (χ3n) is 5.33. The van der Waals surface area contributed by atoms with Gasteiger partial charge in [0.05, 0.1) is 0 Å². The van der Waals surface area contributed by atoms with E-state index < -0.39 is 0 Å². The molecule has 2 aromatic carbocycles. The van der Waals surface area contributed by atoms with E-state index in [0.717, 1.165) is 29.2 Å². The van der Waals surface area contributed by atoms with E-state index in [1.54, 1.807) is 4.90 Å². The molecule has 1 heterocycles. The normalized spacial score (nSPS) is 12.5. The van der Waals surface area contributed by atoms with Crippen LogP contribution in [0.15, 0.2) is 42.5 Å². The summed E-state index contributed by atoms with van der Waals surface area (Å²) in [7, 11) is 2.12. The Balaban J connectivity index is 1.60. The van der Waals surface area contributed by atoms with Crippen LogP contribution in [0.5, 0.6) is 11.5 Å². The number of hydrogen-bond acceptors (Lipinski definition) is 4. The maximum absolute atomic E-state index is 12.8. The highest BCUT2D eigenvalue weighted by Crippen LogP contribution is 2.32. The van der Waals surface area contributed by atoms with Crippen molar-refractivity contribution in [2.75, 3.05) is 20.4 Å². The van der Waals surface area contributed by atoms with Gasteiger partial charge in [-0.05, 0) is 56.6 Å². The summed E-state index contributed by atoms with van der Waals surface area (Å²) in [5.74, 6) is 1.49. The van der Waals surface area contributed by atoms with Crippen LogP contribution in [-0.4, -0.2) is 42.3 Å². The molecule has 156 valence electrons. The molecule has 6 nitrogen and oxygen atoms in total. The molecule has 2 aromatic rings. The summed E-state index contributed by atoms with van der Waals surface area (Å²) in [6, 6.07) is 14.5. The van der Waals surface area contributed by atoms with Crippen LogP contribution < -0.4 is 14.8 Å². The standard InChI is InChI=1S/C23H31N3O3/c1-5-26(14-18-10-11-21-22(12-18)29-16-28-21)23(27)24-13-19-8-6-7-9-20(19)15-25(4)17(2)3/h6-12,17H,5,13-16H2,1-4H3,(H,24,27). The first-order valence-corrected chi connectivity index (χ1v) is 10.2. The summed E-state index contributed by atoms with van der Waals surface area (Å²) in [5, 5.41) is 3.08. The van der Waals surface area contributed by atoms with E-state index in [-0.39, 0.29) is 12.8 Å². The van der Waals surface area contributed by atoms with E-state index in [9.17, 15) is 4.79 Å². The van der Waals surface area contributed by atoms with Gasteiger partial charge in [-0.25, -0.2) is 4.79 Å². The number of carbonyl (C=O) groups excluding carboxylic acids is 1. The lowest BCUT2D eigenvalue weighted by molar-refractivity contribution is 0.173. The topological polar surface area (TPSA) is 54.0 Å². The summed E-state index contributed by atoms with van der Waals surface area (Å²) in [4.78, 5) is 16.9. The first-order chi connectivity index (χ1) is 14.0. The molecule has 3 rings (SSSR count). The molecule has 0 aromatic heterocycles. The number of benzene rings is 2. The summed E-state index contributed by atoms with van der Waals surface area (Å²) in [6.07, 6.45) is 0. The van der Waals surface area contributed by atoms with Gasteiger partial charge in [0, 0.05) is 32.2 Å². The van der Waals surface area contributed by atoms with Crippen molar-refractivity contribution >= 4 is 6.03 Å². The summed E-state index contributed by atoms with van der Waals surface area (Å²) < 4.78 is 10.8. The van der Waals surface area contributed by atoms with Crippen LogP contribution in [0.4, 0.5) is 4.79 Å². The maximum atomic E-state index is 12.8. The number of hydrogen-bond donors (Lipinski definition) is 1. The molecule has 1 aliphatic heterocycles. The Bertz CT molecular complexity index is 838. The number of rotatable bonds is 8. The molecule has 0 atom stereocenters. The van der Waals surface area contributed by atoms with E-state index in [0.29, 0.717) is 25.7 Å². The minimum atomic E-state index is -0.0721. The molecular formula is C23H31N3O3. The molecule has 0 unspecified atom stereocenters. The fourth-order valence-corrected chi connectivity index (χ4v) is 3.21. The third kappa shape index (κ3) is 5.41. The van der Waals surface area contributed by atoms with Gasteiger partial charge in [-0.15, -0.1) is 0 Å². The number of fused-ring (bicyclic) bond motifs is 1. The predicted molar refractivity (Wildman–Crippen MR) is 114 cm³/mol. The first kappa shape index (κ1) is 21.0. The minimum Gasteiger partial charge on any atom is -0.454 e. The van der Waals surface area contributed by atoms with Crippen LogP contribution in [0.3, 0.4) is 0 Å². The number of nitrogens with one attached hydrogen (secondary N) is 1. The van der Waals surface area contributed by atoms with Crippen LogP contribution in [0, 0.1) is 0 Å². The van der Waals surface area contributed by atoms with E-state index in [1.807, 2.05) is 37.3 Å². The Morgan fingerprint density at radius 2 is 1.79 bits per heavy atom. The van der Waals surface area contributed by atoms with E-state index in [2.05, 4.69) is 43.2 Å². The average molecular weight is 398 g/mol. The van der Waals surface area contributed by atoms with Gasteiger partial charge in [-0.2, -0.15) is 0 Å². The lowest BCUT2D eigenvalue weighted by Gasteiger charge is -2.24. The quantitative estimate of drug-likeness (QED) is 0.732. The predicted octanol–water partition coefficient (Wildman–Crippen LogP) is 3.99. The van der Waals surface area contributed by atoms with Gasteiger partial charge >= 0.3 is 6.03 Å². The Labute approximate surface area is 173 Å². The van der Waals surface area contributed by atoms with Crippen LogP contribution >= 0.6 is 0 Å². The van der Waals surface area contributed by atoms with Crippen molar-refractivity contribution in [3.05, 3.63) is 59.2 Å². The van der Waals surface area contributed by atoms with E-state index in [1.165, 1.54) is 5.56 Å². The molecule has 1 aliphatic rings. The van der Waals surface area contributed by atoms with Gasteiger partial charge in [0.1, 0.15) is 0 Å². The third-order valence-corrected chi connectivity index (χ3v) is 5.33. The van der Waals surface area contributed by atoms with Gasteiger partial charge in [-0.3, -0.25) is 4.90 Å². The highest BCUT2D eigenvalue weighted by Gasteiger charge is 2.17. The Kier molecular flexibility index (Phi) is 6.99. The second-order valence-corrected chi connectivity index (χ2v) is 7.64. The SMILES string of the molecule is CCN(Cc1ccc2c(c1)OCO2)C(=O)NCc1ccccc1CN(C)C(C)C. The Morgan fingerprint density at radius 3 is 2.52 bits per heavy atom. The van der Waals surface area contributed by atoms with Crippen molar-refractivity contribution in [2.24, 2.45) is 0 Å². The number of amides is 2. The minimum absolute atomic E-state index is 0.0721. The Morgan fingerprint density at radius 1 is 1.07 bits per heavy atom. The average Bonchev–Trinajstić information content (AvgIpc) is 3.18. The molecular weight excluding hydrogens is 366 g/mol. The molecule has 0 radical (unpaired) electrons. The van der Waals surface area contributed by atoms with Crippen LogP contribution in [0.1, 0.15) is 37.5 Å². The largest absolute Gasteiger partial charge is 0.454 e. The van der Waals surface area contributed by atoms with E-state index in [4.69, 9.17) is 9.47 Å². The monoisotopic (exact) mass is 397 g/mol. The van der Waals surface area contributed by atoms with Gasteiger partial charge in [0.25, 0.3) is 0 Å². The van der Waals surface area contributed by atoms with Crippen molar-refractivity contribution in [3.63, 3.8) is 0 Å². The molecule has 0 bridgehead atoms. The Hall–Kier alpha value is -2.73. The number of ether oxygens (including phenoxy) is 2. The summed E-state index contributed by atoms with van der Waals surface area (Å²) in [6.45, 7) is 9.12. The van der Waals surface area contributed by atoms with Gasteiger partial charge in [0.2, 0.25) is 6.79 Å². The highest BCUT2D eigenvalue weighted by molar-refractivity contribution is 5.74. The summed E-state index contributed by atoms with van der Waals surface area (Å²) in [5.41, 5.74) is 3.40. The zero-order valence-corrected chi connectivity index (χ0v) is 17.8. The first-order valence-electron chi connectivity index (χ1n) is 10.2. The summed E-state index contributed by atoms with van der Waals surface area (Å²) >= 11 is 0. The molecule has 0 saturated heterocycles. The zero-order chi connectivity index (χ0) is 20.8. The fraction of sp³-hybridized carbons (Fsp3) is 0.435. The number of nitrogens with zero attached hydrogens (tertiary/aromatic N) is 2. The molecule has 2 amide bonds. The number of carbonyl (C=O) groups is 1. The molecule has 0 aliphatic carbocycles. The van der Waals surface area contributed by atoms with Crippen LogP contribution in [-0.2, 0) is 19.6 Å². The molecule has 0 spiro atoms. The van der Waals surface area contributed by atoms with Gasteiger partial charge in [0.15, 0.2) is 11.5 Å². The van der Waals surface area contributed by atoms with E-state index >= 15 is 0 Å².